The first-order valence-corrected chi connectivity index (χ1v) is 8.84. The lowest BCUT2D eigenvalue weighted by molar-refractivity contribution is -0.385. The number of aromatic nitrogens is 2. The van der Waals surface area contributed by atoms with Crippen LogP contribution in [-0.4, -0.2) is 39.8 Å². The van der Waals surface area contributed by atoms with Crippen LogP contribution in [0.4, 0.5) is 5.69 Å². The van der Waals surface area contributed by atoms with E-state index in [4.69, 9.17) is 9.47 Å². The molecule has 1 N–H and O–H groups in total. The van der Waals surface area contributed by atoms with Crippen LogP contribution in [-0.2, 0) is 6.54 Å². The van der Waals surface area contributed by atoms with Crippen LogP contribution < -0.4 is 9.47 Å². The number of ether oxygens (including phenoxy) is 2. The first-order chi connectivity index (χ1) is 14.4. The summed E-state index contributed by atoms with van der Waals surface area (Å²) in [6, 6.07) is 9.72. The van der Waals surface area contributed by atoms with Gasteiger partial charge in [-0.2, -0.15) is 5.10 Å². The van der Waals surface area contributed by atoms with Crippen LogP contribution in [0.5, 0.6) is 17.2 Å². The highest BCUT2D eigenvalue weighted by atomic mass is 16.6. The monoisotopic (exact) mass is 409 g/mol. The number of nitrogens with zero attached hydrogens (tertiary/aromatic N) is 3. The Balaban J connectivity index is 1.81. The van der Waals surface area contributed by atoms with Crippen molar-refractivity contribution in [2.24, 2.45) is 0 Å². The molecule has 0 atom stereocenters. The molecule has 30 heavy (non-hydrogen) atoms. The zero-order valence-electron chi connectivity index (χ0n) is 16.3. The molecule has 0 saturated carbocycles. The minimum atomic E-state index is -0.510. The molecule has 0 radical (unpaired) electrons. The number of nitro groups is 1. The lowest BCUT2D eigenvalue weighted by Crippen LogP contribution is -2.02. The fourth-order valence-electron chi connectivity index (χ4n) is 2.83. The summed E-state index contributed by atoms with van der Waals surface area (Å²) in [4.78, 5) is 22.8. The quantitative estimate of drug-likeness (QED) is 0.262. The molecule has 9 heteroatoms. The number of aromatic hydroxyl groups is 1. The van der Waals surface area contributed by atoms with Gasteiger partial charge in [-0.05, 0) is 42.0 Å². The van der Waals surface area contributed by atoms with Gasteiger partial charge in [0.25, 0.3) is 0 Å². The summed E-state index contributed by atoms with van der Waals surface area (Å²) in [5.41, 5.74) is 1.77. The molecule has 9 nitrogen and oxygen atoms in total. The van der Waals surface area contributed by atoms with Gasteiger partial charge >= 0.3 is 5.69 Å². The number of hydrogen-bond donors (Lipinski definition) is 1. The Bertz CT molecular complexity index is 1120. The molecule has 0 bridgehead atoms. The molecule has 1 aromatic heterocycles. The third-order valence-corrected chi connectivity index (χ3v) is 4.36. The van der Waals surface area contributed by atoms with Gasteiger partial charge in [0.05, 0.1) is 25.7 Å². The summed E-state index contributed by atoms with van der Waals surface area (Å²) in [5, 5.41) is 24.5. The molecule has 0 amide bonds. The highest BCUT2D eigenvalue weighted by Crippen LogP contribution is 2.27. The Morgan fingerprint density at radius 2 is 1.97 bits per heavy atom. The second-order valence-corrected chi connectivity index (χ2v) is 6.31. The third-order valence-electron chi connectivity index (χ3n) is 4.36. The second-order valence-electron chi connectivity index (χ2n) is 6.31. The number of benzene rings is 2. The number of methoxy groups -OCH3 is 2. The van der Waals surface area contributed by atoms with E-state index in [9.17, 15) is 20.0 Å². The molecule has 0 aliphatic carbocycles. The Hall–Kier alpha value is -4.14. The molecule has 1 heterocycles. The van der Waals surface area contributed by atoms with Crippen LogP contribution in [0.1, 0.15) is 21.5 Å². The summed E-state index contributed by atoms with van der Waals surface area (Å²) >= 11 is 0. The number of ketones is 1. The van der Waals surface area contributed by atoms with Crippen LogP contribution in [0.15, 0.2) is 54.9 Å². The van der Waals surface area contributed by atoms with Crippen LogP contribution in [0.25, 0.3) is 6.08 Å². The van der Waals surface area contributed by atoms with Crippen LogP contribution in [0.3, 0.4) is 0 Å². The molecule has 0 saturated heterocycles. The van der Waals surface area contributed by atoms with Gasteiger partial charge in [0.2, 0.25) is 0 Å². The molecule has 0 aliphatic heterocycles. The van der Waals surface area contributed by atoms with E-state index in [-0.39, 0.29) is 29.5 Å². The highest BCUT2D eigenvalue weighted by Gasteiger charge is 2.12. The molecular formula is C21H19N3O6. The number of hydrogen-bond acceptors (Lipinski definition) is 7. The maximum atomic E-state index is 12.4. The van der Waals surface area contributed by atoms with Gasteiger partial charge < -0.3 is 14.6 Å². The molecule has 0 aliphatic rings. The van der Waals surface area contributed by atoms with E-state index in [1.807, 2.05) is 6.07 Å². The second kappa shape index (κ2) is 8.91. The third kappa shape index (κ3) is 4.64. The molecule has 0 spiro atoms. The topological polar surface area (TPSA) is 117 Å². The van der Waals surface area contributed by atoms with E-state index in [1.165, 1.54) is 55.6 Å². The SMILES string of the molecule is COc1cc(C(=O)/C=C/c2ccc(OC)c(Cn3cc([N+](=O)[O-])cn3)c2)ccc1O. The standard InChI is InChI=1S/C21H19N3O6/c1-29-20-8-4-14(9-16(20)12-23-13-17(11-22-23)24(27)28)3-6-18(25)15-5-7-19(26)21(10-15)30-2/h3-11,13,26H,12H2,1-2H3/b6-3+. The van der Waals surface area contributed by atoms with E-state index in [0.717, 1.165) is 11.1 Å². The normalized spacial score (nSPS) is 10.9. The molecule has 3 aromatic rings. The van der Waals surface area contributed by atoms with E-state index < -0.39 is 4.92 Å². The predicted molar refractivity (Wildman–Crippen MR) is 109 cm³/mol. The number of carbonyl (C=O) groups is 1. The summed E-state index contributed by atoms with van der Waals surface area (Å²) in [6.45, 7) is 0.266. The number of allylic oxidation sites excluding steroid dienone is 1. The average molecular weight is 409 g/mol. The molecule has 2 aromatic carbocycles. The summed E-state index contributed by atoms with van der Waals surface area (Å²) in [7, 11) is 2.94. The van der Waals surface area contributed by atoms with Crippen molar-refractivity contribution < 1.29 is 24.3 Å². The predicted octanol–water partition coefficient (Wildman–Crippen LogP) is 3.46. The maximum Gasteiger partial charge on any atom is 0.307 e. The Morgan fingerprint density at radius 3 is 2.63 bits per heavy atom. The molecule has 154 valence electrons. The number of rotatable bonds is 8. The van der Waals surface area contributed by atoms with Gasteiger partial charge in [-0.25, -0.2) is 0 Å². The van der Waals surface area contributed by atoms with Crippen LogP contribution in [0.2, 0.25) is 0 Å². The smallest absolute Gasteiger partial charge is 0.307 e. The van der Waals surface area contributed by atoms with Gasteiger partial charge in [0.1, 0.15) is 18.1 Å². The summed E-state index contributed by atoms with van der Waals surface area (Å²) in [6.07, 6.45) is 5.58. The molecule has 0 fully saturated rings. The van der Waals surface area contributed by atoms with Gasteiger partial charge in [-0.15, -0.1) is 0 Å². The van der Waals surface area contributed by atoms with Crippen molar-refractivity contribution in [2.75, 3.05) is 14.2 Å². The Kier molecular flexibility index (Phi) is 6.11. The summed E-state index contributed by atoms with van der Waals surface area (Å²) in [5.74, 6) is 0.513. The largest absolute Gasteiger partial charge is 0.504 e. The van der Waals surface area contributed by atoms with E-state index in [0.29, 0.717) is 11.3 Å². The fourth-order valence-corrected chi connectivity index (χ4v) is 2.83. The average Bonchev–Trinajstić information content (AvgIpc) is 3.21. The van der Waals surface area contributed by atoms with Crippen molar-refractivity contribution in [2.45, 2.75) is 6.54 Å². The van der Waals surface area contributed by atoms with E-state index in [2.05, 4.69) is 5.10 Å². The van der Waals surface area contributed by atoms with E-state index >= 15 is 0 Å². The fraction of sp³-hybridized carbons (Fsp3) is 0.143. The first-order valence-electron chi connectivity index (χ1n) is 8.84. The lowest BCUT2D eigenvalue weighted by Gasteiger charge is -2.09. The van der Waals surface area contributed by atoms with Gasteiger partial charge in [0.15, 0.2) is 17.3 Å². The van der Waals surface area contributed by atoms with Crippen LogP contribution >= 0.6 is 0 Å². The highest BCUT2D eigenvalue weighted by molar-refractivity contribution is 6.07. The maximum absolute atomic E-state index is 12.4. The van der Waals surface area contributed by atoms with Crippen molar-refractivity contribution in [3.8, 4) is 17.2 Å². The molecule has 3 rings (SSSR count). The summed E-state index contributed by atoms with van der Waals surface area (Å²) < 4.78 is 11.8. The minimum absolute atomic E-state index is 0.0447. The molecule has 0 unspecified atom stereocenters. The van der Waals surface area contributed by atoms with Crippen molar-refractivity contribution >= 4 is 17.5 Å². The van der Waals surface area contributed by atoms with Crippen molar-refractivity contribution in [3.63, 3.8) is 0 Å². The number of phenolic OH excluding ortho intramolecular Hbond substituents is 1. The zero-order chi connectivity index (χ0) is 21.7. The first kappa shape index (κ1) is 20.6. The lowest BCUT2D eigenvalue weighted by atomic mass is 10.1. The Morgan fingerprint density at radius 1 is 1.20 bits per heavy atom. The zero-order valence-corrected chi connectivity index (χ0v) is 16.3. The van der Waals surface area contributed by atoms with Gasteiger partial charge in [0, 0.05) is 11.1 Å². The molecular weight excluding hydrogens is 390 g/mol. The number of phenols is 1. The van der Waals surface area contributed by atoms with Gasteiger partial charge in [-0.1, -0.05) is 12.1 Å². The van der Waals surface area contributed by atoms with E-state index in [1.54, 1.807) is 18.2 Å². The number of carbonyl (C=O) groups excluding carboxylic acids is 1. The van der Waals surface area contributed by atoms with Crippen molar-refractivity contribution in [3.05, 3.63) is 81.7 Å². The Labute approximate surface area is 171 Å². The van der Waals surface area contributed by atoms with Crippen molar-refractivity contribution in [1.82, 2.24) is 9.78 Å². The van der Waals surface area contributed by atoms with Crippen LogP contribution in [0, 0.1) is 10.1 Å². The van der Waals surface area contributed by atoms with Gasteiger partial charge in [-0.3, -0.25) is 19.6 Å². The van der Waals surface area contributed by atoms with Crippen molar-refractivity contribution in [1.29, 1.82) is 0 Å². The minimum Gasteiger partial charge on any atom is -0.504 e.